The molecule has 136 valence electrons. The topological polar surface area (TPSA) is 74.3 Å². The number of carbonyl (C=O) groups is 2. The van der Waals surface area contributed by atoms with Crippen LogP contribution in [0, 0.1) is 11.8 Å². The van der Waals surface area contributed by atoms with Crippen LogP contribution in [0.15, 0.2) is 18.2 Å². The van der Waals surface area contributed by atoms with Crippen molar-refractivity contribution in [2.24, 2.45) is 11.8 Å². The van der Waals surface area contributed by atoms with Gasteiger partial charge in [0.05, 0.1) is 5.52 Å². The Bertz CT molecular complexity index is 868. The molecule has 1 saturated carbocycles. The third-order valence-corrected chi connectivity index (χ3v) is 6.75. The minimum Gasteiger partial charge on any atom is -0.347 e. The summed E-state index contributed by atoms with van der Waals surface area (Å²) < 4.78 is 4.43. The van der Waals surface area contributed by atoms with Gasteiger partial charge in [0.25, 0.3) is 5.91 Å². The first-order valence-corrected chi connectivity index (χ1v) is 10.2. The maximum atomic E-state index is 12.8. The molecule has 1 atom stereocenters. The van der Waals surface area contributed by atoms with Crippen molar-refractivity contribution in [3.8, 4) is 0 Å². The Kier molecular flexibility index (Phi) is 3.94. The van der Waals surface area contributed by atoms with E-state index in [1.807, 2.05) is 18.2 Å². The summed E-state index contributed by atoms with van der Waals surface area (Å²) in [5, 5.41) is 7.03. The van der Waals surface area contributed by atoms with Gasteiger partial charge in [-0.15, -0.1) is 0 Å². The minimum atomic E-state index is -0.0222. The van der Waals surface area contributed by atoms with Crippen molar-refractivity contribution in [1.82, 2.24) is 14.6 Å². The van der Waals surface area contributed by atoms with Crippen molar-refractivity contribution in [2.75, 3.05) is 25.0 Å². The lowest BCUT2D eigenvalue weighted by Crippen LogP contribution is -2.57. The Morgan fingerprint density at radius 2 is 1.96 bits per heavy atom. The van der Waals surface area contributed by atoms with Gasteiger partial charge in [-0.25, -0.2) is 0 Å². The average molecular weight is 370 g/mol. The van der Waals surface area contributed by atoms with Crippen LogP contribution in [0.2, 0.25) is 0 Å². The molecule has 3 aliphatic heterocycles. The fraction of sp³-hybridized carbons (Fsp3) is 0.526. The van der Waals surface area contributed by atoms with E-state index in [-0.39, 0.29) is 23.8 Å². The van der Waals surface area contributed by atoms with E-state index < -0.39 is 0 Å². The van der Waals surface area contributed by atoms with Crippen molar-refractivity contribution in [1.29, 1.82) is 0 Å². The molecule has 1 aromatic carbocycles. The number of aromatic nitrogens is 1. The van der Waals surface area contributed by atoms with E-state index >= 15 is 0 Å². The van der Waals surface area contributed by atoms with Gasteiger partial charge >= 0.3 is 0 Å². The Hall–Kier alpha value is -1.99. The number of piperidine rings is 3. The van der Waals surface area contributed by atoms with Crippen molar-refractivity contribution in [2.45, 2.75) is 31.7 Å². The molecule has 1 aliphatic carbocycles. The van der Waals surface area contributed by atoms with Crippen LogP contribution >= 0.6 is 11.5 Å². The normalized spacial score (nSPS) is 27.5. The molecule has 4 fully saturated rings. The standard InChI is InChI=1S/C19H22N4O2S/c24-18(12-1-2-12)20-13-3-4-14-15(9-13)22-26-17(14)19(25)21-16-10-23-7-5-11(16)6-8-23/h3-4,9,11-12,16H,1-2,5-8,10H2,(H,20,24)(H,21,25)/t16-/m1/s1. The number of fused-ring (bicyclic) bond motifs is 4. The largest absolute Gasteiger partial charge is 0.347 e. The third-order valence-electron chi connectivity index (χ3n) is 5.87. The first kappa shape index (κ1) is 16.2. The van der Waals surface area contributed by atoms with Crippen LogP contribution in [0.1, 0.15) is 35.4 Å². The van der Waals surface area contributed by atoms with Crippen LogP contribution in [0.4, 0.5) is 5.69 Å². The molecule has 2 bridgehead atoms. The average Bonchev–Trinajstić information content (AvgIpc) is 3.42. The Labute approximate surface area is 156 Å². The molecular weight excluding hydrogens is 348 g/mol. The highest BCUT2D eigenvalue weighted by atomic mass is 32.1. The van der Waals surface area contributed by atoms with Gasteiger partial charge in [-0.2, -0.15) is 4.37 Å². The number of rotatable bonds is 4. The maximum absolute atomic E-state index is 12.8. The van der Waals surface area contributed by atoms with E-state index in [1.54, 1.807) is 0 Å². The highest BCUT2D eigenvalue weighted by molar-refractivity contribution is 7.09. The fourth-order valence-electron chi connectivity index (χ4n) is 4.14. The van der Waals surface area contributed by atoms with Crippen LogP contribution in [0.3, 0.4) is 0 Å². The second-order valence-corrected chi connectivity index (χ2v) is 8.50. The quantitative estimate of drug-likeness (QED) is 0.867. The molecule has 0 unspecified atom stereocenters. The smallest absolute Gasteiger partial charge is 0.263 e. The predicted molar refractivity (Wildman–Crippen MR) is 101 cm³/mol. The van der Waals surface area contributed by atoms with Gasteiger partial charge in [-0.1, -0.05) is 0 Å². The summed E-state index contributed by atoms with van der Waals surface area (Å²) >= 11 is 1.24. The lowest BCUT2D eigenvalue weighted by atomic mass is 9.84. The number of hydrogen-bond donors (Lipinski definition) is 2. The molecule has 6 rings (SSSR count). The molecule has 2 N–H and O–H groups in total. The van der Waals surface area contributed by atoms with Gasteiger partial charge in [-0.3, -0.25) is 9.59 Å². The minimum absolute atomic E-state index is 0.0222. The third kappa shape index (κ3) is 2.99. The highest BCUT2D eigenvalue weighted by Gasteiger charge is 2.35. The molecule has 0 spiro atoms. The van der Waals surface area contributed by atoms with Gasteiger partial charge < -0.3 is 15.5 Å². The van der Waals surface area contributed by atoms with Gasteiger partial charge in [0, 0.05) is 29.6 Å². The summed E-state index contributed by atoms with van der Waals surface area (Å²) in [5.74, 6) is 0.835. The number of amides is 2. The summed E-state index contributed by atoms with van der Waals surface area (Å²) in [6.07, 6.45) is 4.32. The van der Waals surface area contributed by atoms with E-state index in [0.717, 1.165) is 49.1 Å². The lowest BCUT2D eigenvalue weighted by Gasteiger charge is -2.44. The van der Waals surface area contributed by atoms with E-state index in [0.29, 0.717) is 10.8 Å². The Morgan fingerprint density at radius 1 is 1.15 bits per heavy atom. The van der Waals surface area contributed by atoms with Gasteiger partial charge in [-0.05, 0) is 74.4 Å². The molecule has 1 aromatic heterocycles. The maximum Gasteiger partial charge on any atom is 0.263 e. The number of hydrogen-bond acceptors (Lipinski definition) is 5. The molecule has 2 aromatic rings. The SMILES string of the molecule is O=C(N[C@@H]1CN2CCC1CC2)c1snc2cc(NC(=O)C3CC3)ccc12. The van der Waals surface area contributed by atoms with E-state index in [9.17, 15) is 9.59 Å². The van der Waals surface area contributed by atoms with Crippen LogP contribution in [-0.4, -0.2) is 46.8 Å². The highest BCUT2D eigenvalue weighted by Crippen LogP contribution is 2.32. The molecule has 4 aliphatic rings. The Balaban J connectivity index is 1.32. The monoisotopic (exact) mass is 370 g/mol. The fourth-order valence-corrected chi connectivity index (χ4v) is 4.89. The van der Waals surface area contributed by atoms with Gasteiger partial charge in [0.2, 0.25) is 5.91 Å². The summed E-state index contributed by atoms with van der Waals surface area (Å²) in [6, 6.07) is 5.87. The molecule has 26 heavy (non-hydrogen) atoms. The first-order valence-electron chi connectivity index (χ1n) is 9.41. The molecule has 0 radical (unpaired) electrons. The van der Waals surface area contributed by atoms with Gasteiger partial charge in [0.15, 0.2) is 0 Å². The van der Waals surface area contributed by atoms with Crippen molar-refractivity contribution >= 4 is 39.9 Å². The molecule has 2 amide bonds. The summed E-state index contributed by atoms with van der Waals surface area (Å²) in [7, 11) is 0. The van der Waals surface area contributed by atoms with E-state index in [1.165, 1.54) is 24.4 Å². The summed E-state index contributed by atoms with van der Waals surface area (Å²) in [4.78, 5) is 27.8. The number of nitrogens with zero attached hydrogens (tertiary/aromatic N) is 2. The zero-order chi connectivity index (χ0) is 17.7. The number of carbonyl (C=O) groups excluding carboxylic acids is 2. The number of anilines is 1. The molecular formula is C19H22N4O2S. The second-order valence-electron chi connectivity index (χ2n) is 7.73. The zero-order valence-corrected chi connectivity index (χ0v) is 15.3. The molecule has 6 nitrogen and oxygen atoms in total. The van der Waals surface area contributed by atoms with Crippen molar-refractivity contribution < 1.29 is 9.59 Å². The summed E-state index contributed by atoms with van der Waals surface area (Å²) in [6.45, 7) is 3.29. The van der Waals surface area contributed by atoms with Crippen LogP contribution in [-0.2, 0) is 4.79 Å². The van der Waals surface area contributed by atoms with Crippen LogP contribution < -0.4 is 10.6 Å². The first-order chi connectivity index (χ1) is 12.7. The van der Waals surface area contributed by atoms with E-state index in [2.05, 4.69) is 19.9 Å². The van der Waals surface area contributed by atoms with Crippen LogP contribution in [0.5, 0.6) is 0 Å². The predicted octanol–water partition coefficient (Wildman–Crippen LogP) is 2.47. The van der Waals surface area contributed by atoms with Crippen molar-refractivity contribution in [3.63, 3.8) is 0 Å². The second kappa shape index (κ2) is 6.32. The molecule has 3 saturated heterocycles. The van der Waals surface area contributed by atoms with Gasteiger partial charge in [0.1, 0.15) is 4.88 Å². The molecule has 7 heteroatoms. The van der Waals surface area contributed by atoms with E-state index in [4.69, 9.17) is 0 Å². The lowest BCUT2D eigenvalue weighted by molar-refractivity contribution is -0.117. The Morgan fingerprint density at radius 3 is 2.65 bits per heavy atom. The molecule has 4 heterocycles. The summed E-state index contributed by atoms with van der Waals surface area (Å²) in [5.41, 5.74) is 1.52. The number of benzene rings is 1. The van der Waals surface area contributed by atoms with Crippen LogP contribution in [0.25, 0.3) is 10.9 Å². The zero-order valence-electron chi connectivity index (χ0n) is 14.5. The van der Waals surface area contributed by atoms with Crippen molar-refractivity contribution in [3.05, 3.63) is 23.1 Å². The number of nitrogens with one attached hydrogen (secondary N) is 2.